The number of carbonyl (C=O) groups is 7. The number of phenols is 3. The van der Waals surface area contributed by atoms with Crippen molar-refractivity contribution in [3.63, 3.8) is 0 Å². The van der Waals surface area contributed by atoms with Gasteiger partial charge >= 0.3 is 5.97 Å². The molecule has 9 aliphatic rings. The minimum absolute atomic E-state index is 0.0408. The van der Waals surface area contributed by atoms with Crippen LogP contribution in [0.3, 0.4) is 0 Å². The van der Waals surface area contributed by atoms with Crippen molar-refractivity contribution in [3.05, 3.63) is 182 Å². The van der Waals surface area contributed by atoms with Gasteiger partial charge < -0.3 is 156 Å². The first-order valence-corrected chi connectivity index (χ1v) is 41.3. The Kier molecular flexibility index (Phi) is 28.4. The lowest BCUT2D eigenvalue weighted by molar-refractivity contribution is -0.354. The fraction of sp³-hybridized carbons (Fsp3) is 0.437. The number of aliphatic hydroxyl groups excluding tert-OH is 11. The van der Waals surface area contributed by atoms with Gasteiger partial charge in [-0.05, 0) is 127 Å². The maximum atomic E-state index is 17.0. The SMILES string of the molecule is CO[C@@H]1C(N)CC(O[C@@H]2c3ccc(c(Cl)c3)Oc3cc4cc(c3O[C@@H]3OC(CO)[C@@H](O)[C@H](O)C3OC3O[C@@H](C)[C@H](O)C(O)[C@@H]3O)Oc3ccc(cc3)[C@@H](O)[C@@H](NC(=O)[C@H](C)c3ccc(O)c(Cl)c3)C(=O)C[C@@H](Cc3ccccc3)C(=O)N[C@@H]4C(=O)C[C@@H]3C(=O)N[C@@H]2C(=O)N[C@H](C(=O)O)c2cc(O)cc(O[C@@H]4OC(CO)[C@@H](O)[C@H](O)C4O)c2-c2cc3ccc2O)O[C@H]1C. The first kappa shape index (κ1) is 92.8. The third-order valence-electron chi connectivity index (χ3n) is 23.7. The molecule has 40 heteroatoms. The van der Waals surface area contributed by atoms with Crippen LogP contribution >= 0.6 is 23.2 Å². The minimum atomic E-state index is -2.42. The van der Waals surface area contributed by atoms with Gasteiger partial charge in [0.2, 0.25) is 42.0 Å². The Bertz CT molecular complexity index is 5220. The topological polar surface area (TPSA) is 599 Å². The van der Waals surface area contributed by atoms with Crippen molar-refractivity contribution in [3.8, 4) is 62.9 Å². The molecule has 28 atom stereocenters. The number of fused-ring (bicyclic) bond motifs is 15. The molecule has 9 aliphatic heterocycles. The van der Waals surface area contributed by atoms with Gasteiger partial charge in [0.15, 0.2) is 47.8 Å². The molecule has 0 aliphatic carbocycles. The van der Waals surface area contributed by atoms with Crippen molar-refractivity contribution >= 4 is 64.4 Å². The third kappa shape index (κ3) is 19.5. The molecule has 11 bridgehead atoms. The van der Waals surface area contributed by atoms with Gasteiger partial charge in [0.1, 0.15) is 126 Å². The highest BCUT2D eigenvalue weighted by atomic mass is 35.5. The van der Waals surface area contributed by atoms with Crippen molar-refractivity contribution in [2.24, 2.45) is 11.7 Å². The number of carboxylic acid groups (broad SMARTS) is 1. The highest BCUT2D eigenvalue weighted by Crippen LogP contribution is 2.51. The fourth-order valence-corrected chi connectivity index (χ4v) is 17.0. The van der Waals surface area contributed by atoms with Gasteiger partial charge in [-0.25, -0.2) is 4.79 Å². The van der Waals surface area contributed by atoms with Crippen molar-refractivity contribution in [2.45, 2.75) is 211 Å². The summed E-state index contributed by atoms with van der Waals surface area (Å²) in [7, 11) is 1.38. The van der Waals surface area contributed by atoms with E-state index >= 15 is 24.0 Å². The standard InChI is InChI=1S/C87H95Cl2N5O33/c1-33(38-12-18-52(99)48(88)22-38)80(111)93-65-53(100)24-42(20-36-8-6-5-7-9-36)81(112)91-63-41-25-57(120-44-15-10-37(11-16-44)68(65)103)78(126-87-79(73(108)70(105)60(32-96)124-87)127-85-74(109)71(106)67(102)34(2)119-85)58(26-41)121-55-19-14-40(23-49(55)89)77(125-61-30-50(90)76(117-4)35(3)118-61)66-83(114)92-64(84(115)116)47-27-43(97)28-56(122-86-75(110)72(107)69(104)59(31-95)123-86)62(47)46-21-39(13-17-51(46)98)45(29-54(63)101)82(113)94-66/h5-19,21-23,25-28,33-35,42,45,50,59-61,63-77,79,85-87,95-99,102-110H,20,24,29-32,90H2,1-4H3,(H,91,112)(H,92,114)(H,93,111)(H,94,113)(H,115,116)/t33-,34+,35+,42-,45+,50?,59?,60?,61?,63+,64+,65+,66+,67+,68-,69-,70-,71?,72+,73+,74+,75?,76+,77-,79?,85?,86-,87+/m1/s1. The summed E-state index contributed by atoms with van der Waals surface area (Å²) in [6, 6.07) is 18.4. The number of rotatable bonds is 17. The van der Waals surface area contributed by atoms with Crippen LogP contribution in [0.1, 0.15) is 115 Å². The van der Waals surface area contributed by atoms with E-state index in [0.717, 1.165) is 42.5 Å². The second kappa shape index (κ2) is 38.9. The van der Waals surface area contributed by atoms with E-state index in [4.69, 9.17) is 81.0 Å². The summed E-state index contributed by atoms with van der Waals surface area (Å²) in [5.74, 6) is -18.7. The summed E-state index contributed by atoms with van der Waals surface area (Å²) in [6.07, 6.45) is -38.9. The highest BCUT2D eigenvalue weighted by molar-refractivity contribution is 6.32. The maximum Gasteiger partial charge on any atom is 0.330 e. The predicted octanol–water partition coefficient (Wildman–Crippen LogP) is 1.91. The zero-order chi connectivity index (χ0) is 91.2. The van der Waals surface area contributed by atoms with Crippen LogP contribution < -0.4 is 45.9 Å². The van der Waals surface area contributed by atoms with Gasteiger partial charge in [-0.1, -0.05) is 83.9 Å². The number of benzene rings is 7. The molecule has 8 unspecified atom stereocenters. The van der Waals surface area contributed by atoms with Crippen molar-refractivity contribution in [1.29, 1.82) is 0 Å². The Balaban J connectivity index is 1.01. The van der Waals surface area contributed by atoms with Crippen LogP contribution in [0.4, 0.5) is 0 Å². The van der Waals surface area contributed by atoms with E-state index in [1.54, 1.807) is 37.3 Å². The number of ether oxygens (including phenoxy) is 11. The summed E-state index contributed by atoms with van der Waals surface area (Å²) < 4.78 is 69.4. The molecule has 38 nitrogen and oxygen atoms in total. The normalized spacial score (nSPS) is 32.6. The molecule has 4 amide bonds. The molecule has 7 aromatic rings. The zero-order valence-corrected chi connectivity index (χ0v) is 69.5. The van der Waals surface area contributed by atoms with Crippen LogP contribution in [0, 0.1) is 5.92 Å². The van der Waals surface area contributed by atoms with Crippen LogP contribution in [0.2, 0.25) is 10.0 Å². The van der Waals surface area contributed by atoms with Crippen LogP contribution in [-0.4, -0.2) is 267 Å². The molecular weight excluding hydrogens is 1710 g/mol. The number of carboxylic acids is 1. The van der Waals surface area contributed by atoms with E-state index in [-0.39, 0.29) is 57.2 Å². The van der Waals surface area contributed by atoms with E-state index in [9.17, 15) is 86.2 Å². The lowest BCUT2D eigenvalue weighted by Crippen LogP contribution is -2.64. The number of aliphatic carboxylic acids is 1. The quantitative estimate of drug-likeness (QED) is 0.0619. The zero-order valence-electron chi connectivity index (χ0n) is 68.0. The predicted molar refractivity (Wildman–Crippen MR) is 437 cm³/mol. The lowest BCUT2D eigenvalue weighted by atomic mass is 9.84. The first-order valence-electron chi connectivity index (χ1n) is 40.6. The van der Waals surface area contributed by atoms with E-state index < -0.39 is 300 Å². The maximum absolute atomic E-state index is 17.0. The van der Waals surface area contributed by atoms with Crippen LogP contribution in [-0.2, 0) is 73.1 Å². The molecule has 0 aromatic heterocycles. The second-order valence-electron chi connectivity index (χ2n) is 32.2. The smallest absolute Gasteiger partial charge is 0.330 e. The third-order valence-corrected chi connectivity index (χ3v) is 24.3. The monoisotopic (exact) mass is 1810 g/mol. The summed E-state index contributed by atoms with van der Waals surface area (Å²) in [4.78, 5) is 111. The number of amides is 4. The summed E-state index contributed by atoms with van der Waals surface area (Å²) >= 11 is 13.8. The van der Waals surface area contributed by atoms with Gasteiger partial charge in [-0.2, -0.15) is 0 Å². The van der Waals surface area contributed by atoms with Gasteiger partial charge in [0, 0.05) is 61.1 Å². The molecule has 21 N–H and O–H groups in total. The summed E-state index contributed by atoms with van der Waals surface area (Å²) in [6.45, 7) is 2.35. The lowest BCUT2D eigenvalue weighted by Gasteiger charge is -2.45. The van der Waals surface area contributed by atoms with Gasteiger partial charge in [-0.15, -0.1) is 0 Å². The molecule has 4 saturated heterocycles. The number of hydrogen-bond donors (Lipinski definition) is 20. The van der Waals surface area contributed by atoms with E-state index in [0.29, 0.717) is 5.56 Å². The van der Waals surface area contributed by atoms with E-state index in [1.807, 2.05) is 0 Å². The average Bonchev–Trinajstić information content (AvgIpc) is 0.754. The number of halogens is 2. The molecule has 127 heavy (non-hydrogen) atoms. The number of hydrogen-bond acceptors (Lipinski definition) is 33. The van der Waals surface area contributed by atoms with Crippen molar-refractivity contribution in [2.75, 3.05) is 20.3 Å². The Morgan fingerprint density at radius 2 is 1.24 bits per heavy atom. The molecule has 9 heterocycles. The molecule has 7 aromatic carbocycles. The molecule has 0 spiro atoms. The number of aromatic hydroxyl groups is 3. The second-order valence-corrected chi connectivity index (χ2v) is 33.0. The van der Waals surface area contributed by atoms with Crippen molar-refractivity contribution in [1.82, 2.24) is 21.3 Å². The Morgan fingerprint density at radius 1 is 0.583 bits per heavy atom. The highest BCUT2D eigenvalue weighted by Gasteiger charge is 2.54. The van der Waals surface area contributed by atoms with E-state index in [2.05, 4.69) is 21.3 Å². The Labute approximate surface area is 733 Å². The molecule has 4 fully saturated rings. The minimum Gasteiger partial charge on any atom is -0.508 e. The van der Waals surface area contributed by atoms with Crippen LogP contribution in [0.25, 0.3) is 11.1 Å². The number of methoxy groups -OCH3 is 1. The molecule has 0 saturated carbocycles. The first-order chi connectivity index (χ1) is 60.5. The van der Waals surface area contributed by atoms with E-state index in [1.165, 1.54) is 81.6 Å². The molecular formula is C87H95Cl2N5O33. The largest absolute Gasteiger partial charge is 0.508 e. The summed E-state index contributed by atoms with van der Waals surface area (Å²) in [5.41, 5.74) is 4.80. The van der Waals surface area contributed by atoms with Gasteiger partial charge in [0.05, 0.1) is 53.4 Å². The Morgan fingerprint density at radius 3 is 1.91 bits per heavy atom. The van der Waals surface area contributed by atoms with Gasteiger partial charge in [-0.3, -0.25) is 28.8 Å². The Hall–Kier alpha value is -10.4. The number of ketones is 2. The van der Waals surface area contributed by atoms with Crippen LogP contribution in [0.15, 0.2) is 133 Å². The fourth-order valence-electron chi connectivity index (χ4n) is 16.6. The number of Topliss-reactive ketones (excluding diaryl/α,β-unsaturated/α-hetero) is 2. The number of aliphatic hydroxyl groups is 11. The number of nitrogens with two attached hydrogens (primary N) is 1. The number of phenolic OH excluding ortho intramolecular Hbond substituents is 3. The number of carbonyl (C=O) groups excluding carboxylic acids is 6. The molecule has 0 radical (unpaired) electrons. The summed E-state index contributed by atoms with van der Waals surface area (Å²) in [5, 5.41) is 180. The number of nitrogens with one attached hydrogen (secondary N) is 4. The van der Waals surface area contributed by atoms with Crippen LogP contribution in [0.5, 0.6) is 51.7 Å². The van der Waals surface area contributed by atoms with Crippen molar-refractivity contribution < 1.29 is 162 Å². The average molecular weight is 1810 g/mol. The van der Waals surface area contributed by atoms with Gasteiger partial charge in [0.25, 0.3) is 0 Å². The molecule has 680 valence electrons. The molecule has 16 rings (SSSR count).